The number of aromatic nitrogens is 1. The Balaban J connectivity index is 1.80. The third-order valence-electron chi connectivity index (χ3n) is 4.14. The van der Waals surface area contributed by atoms with Gasteiger partial charge in [0.25, 0.3) is 0 Å². The van der Waals surface area contributed by atoms with Gasteiger partial charge in [-0.05, 0) is 51.3 Å². The highest BCUT2D eigenvalue weighted by atomic mass is 32.1. The number of aryl methyl sites for hydroxylation is 1. The van der Waals surface area contributed by atoms with Crippen LogP contribution >= 0.6 is 11.3 Å². The van der Waals surface area contributed by atoms with Crippen molar-refractivity contribution in [2.24, 2.45) is 0 Å². The Labute approximate surface area is 156 Å². The number of hydrogen-bond acceptors (Lipinski definition) is 6. The molecule has 2 aromatic heterocycles. The average molecular weight is 368 g/mol. The highest BCUT2D eigenvalue weighted by Crippen LogP contribution is 2.47. The minimum absolute atomic E-state index is 0.289. The van der Waals surface area contributed by atoms with E-state index in [4.69, 9.17) is 9.26 Å². The number of carbonyl (C=O) groups is 1. The monoisotopic (exact) mass is 368 g/mol. The van der Waals surface area contributed by atoms with Gasteiger partial charge < -0.3 is 14.6 Å². The normalized spacial score (nSPS) is 13.0. The lowest BCUT2D eigenvalue weighted by Gasteiger charge is -2.20. The third kappa shape index (κ3) is 3.12. The van der Waals surface area contributed by atoms with Crippen LogP contribution in [0.4, 0.5) is 10.7 Å². The molecule has 0 saturated carbocycles. The summed E-state index contributed by atoms with van der Waals surface area (Å²) in [5.74, 6) is 0.457. The molecule has 6 heteroatoms. The van der Waals surface area contributed by atoms with Gasteiger partial charge in [-0.15, -0.1) is 11.3 Å². The van der Waals surface area contributed by atoms with Crippen molar-refractivity contribution >= 4 is 28.0 Å². The number of carbonyl (C=O) groups excluding carboxylic acids is 1. The van der Waals surface area contributed by atoms with E-state index in [0.717, 1.165) is 46.0 Å². The molecule has 0 radical (unpaired) electrons. The van der Waals surface area contributed by atoms with Gasteiger partial charge >= 0.3 is 5.97 Å². The number of anilines is 2. The second kappa shape index (κ2) is 6.29. The molecule has 5 nitrogen and oxygen atoms in total. The molecule has 0 atom stereocenters. The molecule has 0 amide bonds. The smallest absolute Gasteiger partial charge is 0.349 e. The molecule has 0 aliphatic heterocycles. The number of nitrogens with zero attached hydrogens (tertiary/aromatic N) is 1. The van der Waals surface area contributed by atoms with Gasteiger partial charge in [0.1, 0.15) is 15.5 Å². The molecule has 1 aromatic carbocycles. The van der Waals surface area contributed by atoms with Crippen molar-refractivity contribution in [3.63, 3.8) is 0 Å². The van der Waals surface area contributed by atoms with Crippen LogP contribution in [0.1, 0.15) is 41.6 Å². The van der Waals surface area contributed by atoms with Crippen LogP contribution in [0.25, 0.3) is 11.3 Å². The van der Waals surface area contributed by atoms with Crippen LogP contribution in [0.3, 0.4) is 0 Å². The Kier molecular flexibility index (Phi) is 4.07. The van der Waals surface area contributed by atoms with Gasteiger partial charge in [0.2, 0.25) is 0 Å². The second-order valence-corrected chi connectivity index (χ2v) is 8.31. The first-order chi connectivity index (χ1) is 12.4. The van der Waals surface area contributed by atoms with Gasteiger partial charge in [-0.3, -0.25) is 0 Å². The molecule has 1 N–H and O–H groups in total. The van der Waals surface area contributed by atoms with E-state index >= 15 is 0 Å². The number of esters is 1. The van der Waals surface area contributed by atoms with Crippen molar-refractivity contribution < 1.29 is 14.1 Å². The number of para-hydroxylation sites is 1. The zero-order valence-electron chi connectivity index (χ0n) is 15.0. The summed E-state index contributed by atoms with van der Waals surface area (Å²) in [4.78, 5) is 13.4. The molecule has 0 saturated heterocycles. The summed E-state index contributed by atoms with van der Waals surface area (Å²) < 4.78 is 11.1. The number of benzene rings is 1. The predicted molar refractivity (Wildman–Crippen MR) is 102 cm³/mol. The van der Waals surface area contributed by atoms with Crippen molar-refractivity contribution in [2.45, 2.75) is 39.2 Å². The summed E-state index contributed by atoms with van der Waals surface area (Å²) in [5, 5.41) is 8.25. The molecule has 0 fully saturated rings. The Morgan fingerprint density at radius 2 is 2.00 bits per heavy atom. The zero-order chi connectivity index (χ0) is 18.3. The Hall–Kier alpha value is -2.60. The summed E-state index contributed by atoms with van der Waals surface area (Å²) in [7, 11) is 0. The molecule has 0 unspecified atom stereocenters. The molecule has 134 valence electrons. The SMILES string of the molecule is CC(C)(C)OC(=O)c1sc(Nc2ccccc2)c2c1CCc1cnoc1-2. The summed E-state index contributed by atoms with van der Waals surface area (Å²) in [6.45, 7) is 5.63. The van der Waals surface area contributed by atoms with Crippen molar-refractivity contribution in [1.29, 1.82) is 0 Å². The van der Waals surface area contributed by atoms with Gasteiger partial charge in [-0.25, -0.2) is 4.79 Å². The van der Waals surface area contributed by atoms with Gasteiger partial charge in [0.15, 0.2) is 5.76 Å². The van der Waals surface area contributed by atoms with E-state index in [0.29, 0.717) is 4.88 Å². The molecule has 4 rings (SSSR count). The lowest BCUT2D eigenvalue weighted by atomic mass is 9.92. The summed E-state index contributed by atoms with van der Waals surface area (Å²) in [5.41, 5.74) is 3.40. The molecule has 0 bridgehead atoms. The van der Waals surface area contributed by atoms with Crippen LogP contribution in [0.15, 0.2) is 41.1 Å². The number of rotatable bonds is 3. The molecular weight excluding hydrogens is 348 g/mol. The zero-order valence-corrected chi connectivity index (χ0v) is 15.8. The predicted octanol–water partition coefficient (Wildman–Crippen LogP) is 5.20. The van der Waals surface area contributed by atoms with Crippen molar-refractivity contribution in [2.75, 3.05) is 5.32 Å². The maximum atomic E-state index is 12.8. The number of thiophene rings is 1. The van der Waals surface area contributed by atoms with E-state index in [1.54, 1.807) is 6.20 Å². The van der Waals surface area contributed by atoms with Crippen LogP contribution in [0.2, 0.25) is 0 Å². The van der Waals surface area contributed by atoms with Crippen molar-refractivity contribution in [3.05, 3.63) is 52.5 Å². The standard InChI is InChI=1S/C20H20N2O3S/c1-20(2,3)24-19(23)17-14-10-9-12-11-21-25-16(12)15(14)18(26-17)22-13-7-5-4-6-8-13/h4-8,11,22H,9-10H2,1-3H3. The summed E-state index contributed by atoms with van der Waals surface area (Å²) >= 11 is 1.41. The highest BCUT2D eigenvalue weighted by Gasteiger charge is 2.32. The Bertz CT molecular complexity index is 951. The number of fused-ring (bicyclic) bond motifs is 3. The fourth-order valence-electron chi connectivity index (χ4n) is 3.08. The number of hydrogen-bond donors (Lipinski definition) is 1. The summed E-state index contributed by atoms with van der Waals surface area (Å²) in [6, 6.07) is 9.89. The maximum Gasteiger partial charge on any atom is 0.349 e. The van der Waals surface area contributed by atoms with E-state index in [-0.39, 0.29) is 5.97 Å². The molecule has 1 aliphatic carbocycles. The lowest BCUT2D eigenvalue weighted by Crippen LogP contribution is -2.24. The Morgan fingerprint density at radius 1 is 1.23 bits per heavy atom. The van der Waals surface area contributed by atoms with Crippen LogP contribution in [-0.2, 0) is 17.6 Å². The van der Waals surface area contributed by atoms with Crippen LogP contribution in [0, 0.1) is 0 Å². The van der Waals surface area contributed by atoms with Crippen LogP contribution in [-0.4, -0.2) is 16.7 Å². The molecular formula is C20H20N2O3S. The first kappa shape index (κ1) is 16.8. The molecule has 26 heavy (non-hydrogen) atoms. The first-order valence-electron chi connectivity index (χ1n) is 8.57. The van der Waals surface area contributed by atoms with Gasteiger partial charge in [0.05, 0.1) is 11.8 Å². The van der Waals surface area contributed by atoms with E-state index < -0.39 is 5.60 Å². The lowest BCUT2D eigenvalue weighted by molar-refractivity contribution is 0.00742. The molecule has 0 spiro atoms. The minimum Gasteiger partial charge on any atom is -0.456 e. The minimum atomic E-state index is -0.535. The van der Waals surface area contributed by atoms with Crippen molar-refractivity contribution in [1.82, 2.24) is 5.16 Å². The second-order valence-electron chi connectivity index (χ2n) is 7.29. The first-order valence-corrected chi connectivity index (χ1v) is 9.39. The topological polar surface area (TPSA) is 64.4 Å². The van der Waals surface area contributed by atoms with Gasteiger partial charge in [-0.2, -0.15) is 0 Å². The largest absolute Gasteiger partial charge is 0.456 e. The third-order valence-corrected chi connectivity index (χ3v) is 5.27. The van der Waals surface area contributed by atoms with E-state index in [1.807, 2.05) is 51.1 Å². The molecule has 1 aliphatic rings. The van der Waals surface area contributed by atoms with Gasteiger partial charge in [0, 0.05) is 11.3 Å². The average Bonchev–Trinajstić information content (AvgIpc) is 3.18. The van der Waals surface area contributed by atoms with Crippen LogP contribution in [0.5, 0.6) is 0 Å². The molecule has 3 aromatic rings. The Morgan fingerprint density at radius 3 is 2.73 bits per heavy atom. The van der Waals surface area contributed by atoms with E-state index in [9.17, 15) is 4.79 Å². The quantitative estimate of drug-likeness (QED) is 0.644. The van der Waals surface area contributed by atoms with Gasteiger partial charge in [-0.1, -0.05) is 23.4 Å². The number of ether oxygens (including phenoxy) is 1. The maximum absolute atomic E-state index is 12.8. The highest BCUT2D eigenvalue weighted by molar-refractivity contribution is 7.18. The van der Waals surface area contributed by atoms with E-state index in [2.05, 4.69) is 10.5 Å². The van der Waals surface area contributed by atoms with Crippen molar-refractivity contribution in [3.8, 4) is 11.3 Å². The fraction of sp³-hybridized carbons (Fsp3) is 0.300. The summed E-state index contributed by atoms with van der Waals surface area (Å²) in [6.07, 6.45) is 3.34. The molecule has 2 heterocycles. The van der Waals surface area contributed by atoms with E-state index in [1.165, 1.54) is 11.3 Å². The van der Waals surface area contributed by atoms with Crippen LogP contribution < -0.4 is 5.32 Å². The fourth-order valence-corrected chi connectivity index (χ4v) is 4.22. The number of nitrogens with one attached hydrogen (secondary N) is 1.